The van der Waals surface area contributed by atoms with Crippen molar-refractivity contribution < 1.29 is 18.6 Å². The fourth-order valence-electron chi connectivity index (χ4n) is 4.76. The van der Waals surface area contributed by atoms with Gasteiger partial charge in [-0.25, -0.2) is 8.78 Å². The molecule has 0 bridgehead atoms. The Balaban J connectivity index is 1.27. The maximum absolute atomic E-state index is 13.4. The van der Waals surface area contributed by atoms with Crippen LogP contribution in [-0.2, 0) is 17.8 Å². The Morgan fingerprint density at radius 1 is 0.862 bits per heavy atom. The van der Waals surface area contributed by atoms with E-state index in [1.54, 1.807) is 0 Å². The molecule has 0 aromatic heterocycles. The molecular formula is C22H33F2N3O2. The van der Waals surface area contributed by atoms with Crippen LogP contribution in [0.4, 0.5) is 8.78 Å². The molecule has 29 heavy (non-hydrogen) atoms. The SMILES string of the molecule is OC1(CN2CCC(F)(F)CC2)CCN(Cc2cccc(CN3CCOCC3)c2)C1. The Bertz CT molecular complexity index is 674. The van der Waals surface area contributed by atoms with Crippen molar-refractivity contribution in [2.75, 3.05) is 59.0 Å². The van der Waals surface area contributed by atoms with Gasteiger partial charge in [-0.05, 0) is 17.5 Å². The van der Waals surface area contributed by atoms with Crippen LogP contribution in [0.25, 0.3) is 0 Å². The van der Waals surface area contributed by atoms with Crippen LogP contribution in [0, 0.1) is 0 Å². The summed E-state index contributed by atoms with van der Waals surface area (Å²) >= 11 is 0. The summed E-state index contributed by atoms with van der Waals surface area (Å²) in [5, 5.41) is 11.0. The Kier molecular flexibility index (Phi) is 6.51. The van der Waals surface area contributed by atoms with Gasteiger partial charge in [-0.1, -0.05) is 24.3 Å². The molecule has 0 radical (unpaired) electrons. The van der Waals surface area contributed by atoms with Crippen LogP contribution in [0.3, 0.4) is 0 Å². The van der Waals surface area contributed by atoms with E-state index in [0.29, 0.717) is 32.6 Å². The van der Waals surface area contributed by atoms with E-state index in [1.807, 2.05) is 4.90 Å². The zero-order valence-corrected chi connectivity index (χ0v) is 17.2. The molecule has 1 N–H and O–H groups in total. The standard InChI is InChI=1S/C22H33F2N3O2/c23-22(24)5-8-26(9-6-22)17-21(28)4-7-27(18-21)16-20-3-1-2-19(14-20)15-25-10-12-29-13-11-25/h1-3,14,28H,4-13,15-18H2. The molecule has 0 spiro atoms. The molecule has 0 aliphatic carbocycles. The summed E-state index contributed by atoms with van der Waals surface area (Å²) in [6, 6.07) is 8.69. The van der Waals surface area contributed by atoms with Crippen LogP contribution in [0.15, 0.2) is 24.3 Å². The molecule has 0 amide bonds. The molecule has 1 atom stereocenters. The van der Waals surface area contributed by atoms with E-state index >= 15 is 0 Å². The first kappa shape index (κ1) is 21.1. The first-order chi connectivity index (χ1) is 13.9. The van der Waals surface area contributed by atoms with Gasteiger partial charge in [-0.2, -0.15) is 0 Å². The number of aliphatic hydroxyl groups is 1. The van der Waals surface area contributed by atoms with Crippen molar-refractivity contribution in [2.24, 2.45) is 0 Å². The molecule has 7 heteroatoms. The van der Waals surface area contributed by atoms with Gasteiger partial charge < -0.3 is 9.84 Å². The van der Waals surface area contributed by atoms with E-state index in [9.17, 15) is 13.9 Å². The molecule has 3 aliphatic heterocycles. The number of ether oxygens (including phenoxy) is 1. The number of likely N-dealkylation sites (tertiary alicyclic amines) is 2. The molecule has 0 saturated carbocycles. The smallest absolute Gasteiger partial charge is 0.250 e. The molecule has 5 nitrogen and oxygen atoms in total. The van der Waals surface area contributed by atoms with E-state index in [2.05, 4.69) is 34.1 Å². The lowest BCUT2D eigenvalue weighted by molar-refractivity contribution is -0.0724. The second-order valence-corrected chi connectivity index (χ2v) is 9.03. The maximum atomic E-state index is 13.4. The number of halogens is 2. The predicted octanol–water partition coefficient (Wildman–Crippen LogP) is 2.19. The summed E-state index contributed by atoms with van der Waals surface area (Å²) in [6.45, 7) is 8.02. The summed E-state index contributed by atoms with van der Waals surface area (Å²) < 4.78 is 32.2. The van der Waals surface area contributed by atoms with Crippen molar-refractivity contribution in [3.05, 3.63) is 35.4 Å². The molecule has 3 saturated heterocycles. The van der Waals surface area contributed by atoms with Gasteiger partial charge in [0, 0.05) is 71.7 Å². The third kappa shape index (κ3) is 5.95. The summed E-state index contributed by atoms with van der Waals surface area (Å²) in [7, 11) is 0. The number of hydrogen-bond acceptors (Lipinski definition) is 5. The van der Waals surface area contributed by atoms with Gasteiger partial charge in [0.25, 0.3) is 5.92 Å². The van der Waals surface area contributed by atoms with Gasteiger partial charge in [0.15, 0.2) is 0 Å². The van der Waals surface area contributed by atoms with Crippen LogP contribution >= 0.6 is 0 Å². The number of nitrogens with zero attached hydrogens (tertiary/aromatic N) is 3. The van der Waals surface area contributed by atoms with Crippen LogP contribution < -0.4 is 0 Å². The molecular weight excluding hydrogens is 376 g/mol. The quantitative estimate of drug-likeness (QED) is 0.780. The third-order valence-electron chi connectivity index (χ3n) is 6.42. The zero-order valence-electron chi connectivity index (χ0n) is 17.2. The summed E-state index contributed by atoms with van der Waals surface area (Å²) in [5.74, 6) is -2.53. The number of β-amino-alcohol motifs (C(OH)–C–C–N with tert-alkyl or cyclic N) is 1. The topological polar surface area (TPSA) is 39.2 Å². The van der Waals surface area contributed by atoms with Gasteiger partial charge >= 0.3 is 0 Å². The monoisotopic (exact) mass is 409 g/mol. The van der Waals surface area contributed by atoms with Crippen molar-refractivity contribution in [1.82, 2.24) is 14.7 Å². The van der Waals surface area contributed by atoms with E-state index in [1.165, 1.54) is 11.1 Å². The molecule has 4 rings (SSSR count). The minimum Gasteiger partial charge on any atom is -0.387 e. The Hall–Kier alpha value is -1.12. The number of alkyl halides is 2. The minimum atomic E-state index is -2.53. The molecule has 162 valence electrons. The molecule has 1 aromatic rings. The van der Waals surface area contributed by atoms with Gasteiger partial charge in [-0.3, -0.25) is 14.7 Å². The van der Waals surface area contributed by atoms with E-state index in [4.69, 9.17) is 4.74 Å². The fraction of sp³-hybridized carbons (Fsp3) is 0.727. The van der Waals surface area contributed by atoms with Crippen molar-refractivity contribution >= 4 is 0 Å². The van der Waals surface area contributed by atoms with Gasteiger partial charge in [0.1, 0.15) is 0 Å². The summed E-state index contributed by atoms with van der Waals surface area (Å²) in [6.07, 6.45) is 0.513. The molecule has 3 aliphatic rings. The molecule has 1 aromatic carbocycles. The predicted molar refractivity (Wildman–Crippen MR) is 108 cm³/mol. The molecule has 1 unspecified atom stereocenters. The number of benzene rings is 1. The van der Waals surface area contributed by atoms with Gasteiger partial charge in [0.05, 0.1) is 18.8 Å². The molecule has 3 heterocycles. The largest absolute Gasteiger partial charge is 0.387 e. The van der Waals surface area contributed by atoms with Crippen molar-refractivity contribution in [3.63, 3.8) is 0 Å². The first-order valence-corrected chi connectivity index (χ1v) is 10.8. The summed E-state index contributed by atoms with van der Waals surface area (Å²) in [4.78, 5) is 6.70. The Morgan fingerprint density at radius 3 is 2.17 bits per heavy atom. The van der Waals surface area contributed by atoms with Gasteiger partial charge in [0.2, 0.25) is 0 Å². The lowest BCUT2D eigenvalue weighted by Gasteiger charge is -2.36. The zero-order chi connectivity index (χ0) is 20.3. The second-order valence-electron chi connectivity index (χ2n) is 9.03. The highest BCUT2D eigenvalue weighted by Crippen LogP contribution is 2.30. The normalized spacial score (nSPS) is 29.3. The van der Waals surface area contributed by atoms with Crippen molar-refractivity contribution in [3.8, 4) is 0 Å². The lowest BCUT2D eigenvalue weighted by atomic mass is 10.00. The van der Waals surface area contributed by atoms with Crippen LogP contribution in [0.2, 0.25) is 0 Å². The maximum Gasteiger partial charge on any atom is 0.250 e. The van der Waals surface area contributed by atoms with Gasteiger partial charge in [-0.15, -0.1) is 0 Å². The third-order valence-corrected chi connectivity index (χ3v) is 6.42. The summed E-state index contributed by atoms with van der Waals surface area (Å²) in [5.41, 5.74) is 1.78. The average Bonchev–Trinajstić information content (AvgIpc) is 3.05. The average molecular weight is 410 g/mol. The van der Waals surface area contributed by atoms with Crippen LogP contribution in [-0.4, -0.2) is 90.4 Å². The molecule has 3 fully saturated rings. The number of hydrogen-bond donors (Lipinski definition) is 1. The minimum absolute atomic E-state index is 0.0945. The van der Waals surface area contributed by atoms with E-state index in [-0.39, 0.29) is 12.8 Å². The van der Waals surface area contributed by atoms with E-state index in [0.717, 1.165) is 45.9 Å². The first-order valence-electron chi connectivity index (χ1n) is 10.8. The van der Waals surface area contributed by atoms with Crippen LogP contribution in [0.5, 0.6) is 0 Å². The number of piperidine rings is 1. The van der Waals surface area contributed by atoms with Crippen molar-refractivity contribution in [1.29, 1.82) is 0 Å². The Morgan fingerprint density at radius 2 is 1.48 bits per heavy atom. The highest BCUT2D eigenvalue weighted by atomic mass is 19.3. The highest BCUT2D eigenvalue weighted by Gasteiger charge is 2.40. The second kappa shape index (κ2) is 8.94. The van der Waals surface area contributed by atoms with E-state index < -0.39 is 11.5 Å². The van der Waals surface area contributed by atoms with Crippen molar-refractivity contribution in [2.45, 2.75) is 43.9 Å². The highest BCUT2D eigenvalue weighted by molar-refractivity contribution is 5.23. The number of rotatable bonds is 6. The Labute approximate surface area is 172 Å². The van der Waals surface area contributed by atoms with Crippen LogP contribution in [0.1, 0.15) is 30.4 Å². The lowest BCUT2D eigenvalue weighted by Crippen LogP contribution is -2.49. The number of morpholine rings is 1. The fourth-order valence-corrected chi connectivity index (χ4v) is 4.76.